The highest BCUT2D eigenvalue weighted by Gasteiger charge is 2.27. The Morgan fingerprint density at radius 2 is 1.79 bits per heavy atom. The van der Waals surface area contributed by atoms with Crippen molar-refractivity contribution in [2.75, 3.05) is 24.5 Å². The topological polar surface area (TPSA) is 6.48 Å². The largest absolute Gasteiger partial charge is 0.367 e. The van der Waals surface area contributed by atoms with Crippen molar-refractivity contribution in [3.05, 3.63) is 77.4 Å². The van der Waals surface area contributed by atoms with E-state index >= 15 is 0 Å². The molecule has 1 heterocycles. The van der Waals surface area contributed by atoms with Crippen LogP contribution in [0, 0.1) is 13.8 Å². The maximum atomic E-state index is 3.98. The van der Waals surface area contributed by atoms with Gasteiger partial charge in [0, 0.05) is 37.9 Å². The second-order valence-corrected chi connectivity index (χ2v) is 7.51. The first-order valence-corrected chi connectivity index (χ1v) is 10.9. The lowest BCUT2D eigenvalue weighted by Gasteiger charge is -2.41. The molecule has 1 atom stereocenters. The normalized spacial score (nSPS) is 15.6. The number of aryl methyl sites for hydroxylation is 3. The third-order valence-corrected chi connectivity index (χ3v) is 5.64. The van der Waals surface area contributed by atoms with Gasteiger partial charge in [0.05, 0.1) is 0 Å². The molecule has 0 aliphatic carbocycles. The van der Waals surface area contributed by atoms with Gasteiger partial charge in [-0.1, -0.05) is 56.3 Å². The van der Waals surface area contributed by atoms with E-state index in [0.29, 0.717) is 6.04 Å². The summed E-state index contributed by atoms with van der Waals surface area (Å²) in [4.78, 5) is 5.15. The molecule has 28 heavy (non-hydrogen) atoms. The number of anilines is 1. The van der Waals surface area contributed by atoms with E-state index < -0.39 is 0 Å². The van der Waals surface area contributed by atoms with Gasteiger partial charge in [0.2, 0.25) is 0 Å². The van der Waals surface area contributed by atoms with Crippen molar-refractivity contribution in [1.82, 2.24) is 4.90 Å². The first-order valence-electron chi connectivity index (χ1n) is 10.9. The molecule has 2 aromatic rings. The summed E-state index contributed by atoms with van der Waals surface area (Å²) < 4.78 is 0. The number of hydrogen-bond donors (Lipinski definition) is 0. The minimum atomic E-state index is 0.568. The molecule has 0 bridgehead atoms. The minimum Gasteiger partial charge on any atom is -0.367 e. The number of fused-ring (bicyclic) bond motifs is 1. The van der Waals surface area contributed by atoms with Gasteiger partial charge in [-0.2, -0.15) is 0 Å². The van der Waals surface area contributed by atoms with E-state index in [4.69, 9.17) is 0 Å². The Labute approximate surface area is 172 Å². The molecule has 0 N–H and O–H groups in total. The van der Waals surface area contributed by atoms with Crippen LogP contribution in [0.3, 0.4) is 0 Å². The van der Waals surface area contributed by atoms with E-state index in [9.17, 15) is 0 Å². The van der Waals surface area contributed by atoms with E-state index in [1.807, 2.05) is 19.9 Å². The molecule has 0 saturated heterocycles. The Hall–Kier alpha value is -2.06. The Bertz CT molecular complexity index is 736. The zero-order valence-electron chi connectivity index (χ0n) is 18.5. The minimum absolute atomic E-state index is 0.568. The van der Waals surface area contributed by atoms with Crippen molar-refractivity contribution in [2.24, 2.45) is 0 Å². The molecule has 0 unspecified atom stereocenters. The number of rotatable bonds is 7. The lowest BCUT2D eigenvalue weighted by Crippen LogP contribution is -2.46. The second-order valence-electron chi connectivity index (χ2n) is 7.51. The highest BCUT2D eigenvalue weighted by molar-refractivity contribution is 5.60. The summed E-state index contributed by atoms with van der Waals surface area (Å²) in [5.41, 5.74) is 7.15. The number of nitrogens with zero attached hydrogens (tertiary/aromatic N) is 2. The number of likely N-dealkylation sites (N-methyl/N-ethyl adjacent to an activating group) is 1. The van der Waals surface area contributed by atoms with Gasteiger partial charge in [-0.15, -0.1) is 6.58 Å². The molecule has 3 rings (SSSR count). The van der Waals surface area contributed by atoms with Crippen molar-refractivity contribution >= 4 is 5.69 Å². The smallest absolute Gasteiger partial charge is 0.0420 e. The van der Waals surface area contributed by atoms with Gasteiger partial charge in [0.1, 0.15) is 0 Å². The molecule has 0 spiro atoms. The van der Waals surface area contributed by atoms with Crippen LogP contribution in [0.2, 0.25) is 0 Å². The molecule has 2 aromatic carbocycles. The fourth-order valence-corrected chi connectivity index (χ4v) is 4.15. The Kier molecular flexibility index (Phi) is 8.79. The first kappa shape index (κ1) is 22.2. The molecule has 152 valence electrons. The van der Waals surface area contributed by atoms with Crippen LogP contribution in [0.25, 0.3) is 0 Å². The summed E-state index contributed by atoms with van der Waals surface area (Å²) in [6.07, 6.45) is 4.44. The van der Waals surface area contributed by atoms with Gasteiger partial charge in [-0.3, -0.25) is 4.90 Å². The van der Waals surface area contributed by atoms with Crippen LogP contribution in [0.15, 0.2) is 55.1 Å². The fourth-order valence-electron chi connectivity index (χ4n) is 4.15. The van der Waals surface area contributed by atoms with Crippen molar-refractivity contribution in [2.45, 2.75) is 60.0 Å². The molecule has 2 nitrogen and oxygen atoms in total. The predicted octanol–water partition coefficient (Wildman–Crippen LogP) is 6.16. The second kappa shape index (κ2) is 11.1. The van der Waals surface area contributed by atoms with Gasteiger partial charge in [0.25, 0.3) is 0 Å². The summed E-state index contributed by atoms with van der Waals surface area (Å²) in [7, 11) is 0. The van der Waals surface area contributed by atoms with Gasteiger partial charge in [0.15, 0.2) is 0 Å². The van der Waals surface area contributed by atoms with Crippen LogP contribution >= 0.6 is 0 Å². The SMILES string of the molecule is C=CCN(Cc1ccccc1)C[C@H]1CCc2cc(C)c(C)cc2N1CC.CC. The predicted molar refractivity (Wildman–Crippen MR) is 124 cm³/mol. The van der Waals surface area contributed by atoms with Gasteiger partial charge in [-0.25, -0.2) is 0 Å². The maximum absolute atomic E-state index is 3.98. The molecule has 0 fully saturated rings. The van der Waals surface area contributed by atoms with Gasteiger partial charge in [-0.05, 0) is 61.9 Å². The van der Waals surface area contributed by atoms with E-state index in [1.54, 1.807) is 0 Å². The molecule has 0 amide bonds. The molecule has 1 aliphatic heterocycles. The average Bonchev–Trinajstić information content (AvgIpc) is 2.71. The quantitative estimate of drug-likeness (QED) is 0.532. The number of benzene rings is 2. The average molecular weight is 379 g/mol. The van der Waals surface area contributed by atoms with Crippen molar-refractivity contribution in [3.8, 4) is 0 Å². The lowest BCUT2D eigenvalue weighted by atomic mass is 9.92. The highest BCUT2D eigenvalue weighted by atomic mass is 15.2. The summed E-state index contributed by atoms with van der Waals surface area (Å²) in [5.74, 6) is 0. The van der Waals surface area contributed by atoms with E-state index in [2.05, 4.69) is 79.6 Å². The molecule has 2 heteroatoms. The molecular formula is C26H38N2. The van der Waals surface area contributed by atoms with Crippen molar-refractivity contribution < 1.29 is 0 Å². The van der Waals surface area contributed by atoms with E-state index in [0.717, 1.165) is 26.2 Å². The zero-order valence-corrected chi connectivity index (χ0v) is 18.5. The first-order chi connectivity index (χ1) is 13.6. The maximum Gasteiger partial charge on any atom is 0.0420 e. The van der Waals surface area contributed by atoms with Crippen molar-refractivity contribution in [1.29, 1.82) is 0 Å². The molecular weight excluding hydrogens is 340 g/mol. The third kappa shape index (κ3) is 5.48. The fraction of sp³-hybridized carbons (Fsp3) is 0.462. The Balaban J connectivity index is 0.00000136. The zero-order chi connectivity index (χ0) is 20.5. The molecule has 0 saturated carbocycles. The van der Waals surface area contributed by atoms with Crippen LogP contribution in [-0.4, -0.2) is 30.6 Å². The third-order valence-electron chi connectivity index (χ3n) is 5.64. The van der Waals surface area contributed by atoms with Crippen LogP contribution in [-0.2, 0) is 13.0 Å². The summed E-state index contributed by atoms with van der Waals surface area (Å²) in [6, 6.07) is 16.1. The summed E-state index contributed by atoms with van der Waals surface area (Å²) in [6.45, 7) is 18.8. The molecule has 0 aromatic heterocycles. The van der Waals surface area contributed by atoms with E-state index in [1.165, 1.54) is 40.8 Å². The summed E-state index contributed by atoms with van der Waals surface area (Å²) >= 11 is 0. The highest BCUT2D eigenvalue weighted by Crippen LogP contribution is 2.33. The van der Waals surface area contributed by atoms with Crippen molar-refractivity contribution in [3.63, 3.8) is 0 Å². The standard InChI is InChI=1S/C24H32N2.C2H6/c1-5-14-25(17-21-10-8-7-9-11-21)18-23-13-12-22-15-19(3)20(4)16-24(22)26(23)6-2;1-2/h5,7-11,15-16,23H,1,6,12-14,17-18H2,2-4H3;1-2H3/t23-;/m1./s1. The van der Waals surface area contributed by atoms with Crippen LogP contribution in [0.4, 0.5) is 5.69 Å². The molecule has 0 radical (unpaired) electrons. The van der Waals surface area contributed by atoms with Gasteiger partial charge >= 0.3 is 0 Å². The lowest BCUT2D eigenvalue weighted by molar-refractivity contribution is 0.262. The monoisotopic (exact) mass is 378 g/mol. The summed E-state index contributed by atoms with van der Waals surface area (Å²) in [5, 5.41) is 0. The van der Waals surface area contributed by atoms with Gasteiger partial charge < -0.3 is 4.90 Å². The van der Waals surface area contributed by atoms with E-state index in [-0.39, 0.29) is 0 Å². The Morgan fingerprint density at radius 1 is 1.11 bits per heavy atom. The Morgan fingerprint density at radius 3 is 2.43 bits per heavy atom. The van der Waals surface area contributed by atoms with Crippen LogP contribution < -0.4 is 4.90 Å². The van der Waals surface area contributed by atoms with Crippen LogP contribution in [0.5, 0.6) is 0 Å². The number of hydrogen-bond acceptors (Lipinski definition) is 2. The molecule has 1 aliphatic rings. The van der Waals surface area contributed by atoms with Crippen LogP contribution in [0.1, 0.15) is 49.4 Å².